The summed E-state index contributed by atoms with van der Waals surface area (Å²) >= 11 is 3.19. The van der Waals surface area contributed by atoms with E-state index < -0.39 is 0 Å². The normalized spacial score (nSPS) is 10.8. The molecule has 2 aromatic heterocycles. The zero-order chi connectivity index (χ0) is 12.8. The number of imidazole rings is 1. The first-order valence-electron chi connectivity index (χ1n) is 5.45. The number of methoxy groups -OCH3 is 1. The number of nitrogens with one attached hydrogen (secondary N) is 1. The van der Waals surface area contributed by atoms with Gasteiger partial charge in [0.1, 0.15) is 5.82 Å². The van der Waals surface area contributed by atoms with Crippen LogP contribution in [0.4, 0.5) is 5.13 Å². The van der Waals surface area contributed by atoms with Crippen molar-refractivity contribution in [1.82, 2.24) is 19.7 Å². The molecule has 8 heteroatoms. The average molecular weight is 285 g/mol. The van der Waals surface area contributed by atoms with Gasteiger partial charge >= 0.3 is 0 Å². The molecule has 0 aliphatic rings. The van der Waals surface area contributed by atoms with Crippen molar-refractivity contribution in [3.05, 3.63) is 18.2 Å². The van der Waals surface area contributed by atoms with Gasteiger partial charge in [0.05, 0.1) is 12.4 Å². The second-order valence-corrected chi connectivity index (χ2v) is 5.74. The van der Waals surface area contributed by atoms with Crippen molar-refractivity contribution < 1.29 is 4.74 Å². The van der Waals surface area contributed by atoms with Crippen LogP contribution in [-0.2, 0) is 17.5 Å². The smallest absolute Gasteiger partial charge is 0.206 e. The number of aryl methyl sites for hydroxylation is 1. The van der Waals surface area contributed by atoms with Gasteiger partial charge in [-0.3, -0.25) is 0 Å². The topological polar surface area (TPSA) is 64.9 Å². The summed E-state index contributed by atoms with van der Waals surface area (Å²) in [6, 6.07) is 0. The molecule has 6 nitrogen and oxygen atoms in total. The number of hydrogen-bond acceptors (Lipinski definition) is 7. The Morgan fingerprint density at radius 2 is 2.39 bits per heavy atom. The monoisotopic (exact) mass is 285 g/mol. The SMILES string of the molecule is COCCNc1nnc(SCc2nccn2C)s1. The first kappa shape index (κ1) is 13.3. The average Bonchev–Trinajstić information content (AvgIpc) is 2.96. The van der Waals surface area contributed by atoms with Gasteiger partial charge in [-0.1, -0.05) is 23.1 Å². The predicted molar refractivity (Wildman–Crippen MR) is 73.0 cm³/mol. The van der Waals surface area contributed by atoms with Crippen LogP contribution in [0.3, 0.4) is 0 Å². The van der Waals surface area contributed by atoms with Crippen molar-refractivity contribution in [2.45, 2.75) is 10.1 Å². The molecule has 2 aromatic rings. The second kappa shape index (κ2) is 6.72. The van der Waals surface area contributed by atoms with Crippen molar-refractivity contribution >= 4 is 28.2 Å². The van der Waals surface area contributed by atoms with E-state index in [1.54, 1.807) is 36.4 Å². The van der Waals surface area contributed by atoms with E-state index in [4.69, 9.17) is 4.74 Å². The number of anilines is 1. The van der Waals surface area contributed by atoms with Crippen LogP contribution in [0.2, 0.25) is 0 Å². The molecule has 0 bridgehead atoms. The second-order valence-electron chi connectivity index (χ2n) is 3.54. The van der Waals surface area contributed by atoms with Gasteiger partial charge in [-0.2, -0.15) is 0 Å². The predicted octanol–water partition coefficient (Wildman–Crippen LogP) is 1.62. The van der Waals surface area contributed by atoms with Crippen LogP contribution in [0, 0.1) is 0 Å². The fourth-order valence-electron chi connectivity index (χ4n) is 1.26. The van der Waals surface area contributed by atoms with E-state index in [1.807, 2.05) is 17.8 Å². The minimum absolute atomic E-state index is 0.662. The molecular weight excluding hydrogens is 270 g/mol. The lowest BCUT2D eigenvalue weighted by atomic mass is 10.7. The van der Waals surface area contributed by atoms with Crippen molar-refractivity contribution in [3.63, 3.8) is 0 Å². The molecule has 0 radical (unpaired) electrons. The molecule has 2 rings (SSSR count). The largest absolute Gasteiger partial charge is 0.383 e. The van der Waals surface area contributed by atoms with Gasteiger partial charge in [0, 0.05) is 33.1 Å². The molecule has 0 saturated carbocycles. The van der Waals surface area contributed by atoms with Crippen LogP contribution in [0.25, 0.3) is 0 Å². The maximum absolute atomic E-state index is 4.96. The molecule has 0 aromatic carbocycles. The highest BCUT2D eigenvalue weighted by Gasteiger charge is 2.06. The summed E-state index contributed by atoms with van der Waals surface area (Å²) in [5.74, 6) is 1.83. The Morgan fingerprint density at radius 3 is 3.11 bits per heavy atom. The number of hydrogen-bond donors (Lipinski definition) is 1. The molecule has 0 spiro atoms. The third-order valence-electron chi connectivity index (χ3n) is 2.23. The minimum atomic E-state index is 0.662. The molecular formula is C10H15N5OS2. The van der Waals surface area contributed by atoms with Crippen LogP contribution in [0.15, 0.2) is 16.7 Å². The Labute approximate surface area is 114 Å². The van der Waals surface area contributed by atoms with Crippen LogP contribution < -0.4 is 5.32 Å². The Kier molecular flexibility index (Phi) is 4.97. The van der Waals surface area contributed by atoms with Gasteiger partial charge in [-0.25, -0.2) is 4.98 Å². The summed E-state index contributed by atoms with van der Waals surface area (Å²) < 4.78 is 7.91. The van der Waals surface area contributed by atoms with Gasteiger partial charge < -0.3 is 14.6 Å². The van der Waals surface area contributed by atoms with E-state index in [-0.39, 0.29) is 0 Å². The summed E-state index contributed by atoms with van der Waals surface area (Å²) in [6.07, 6.45) is 3.74. The fraction of sp³-hybridized carbons (Fsp3) is 0.500. The molecule has 0 atom stereocenters. The Hall–Kier alpha value is -1.12. The third kappa shape index (κ3) is 3.69. The van der Waals surface area contributed by atoms with Gasteiger partial charge in [0.2, 0.25) is 5.13 Å². The van der Waals surface area contributed by atoms with Crippen molar-refractivity contribution in [3.8, 4) is 0 Å². The molecule has 0 aliphatic carbocycles. The molecule has 18 heavy (non-hydrogen) atoms. The Morgan fingerprint density at radius 1 is 1.50 bits per heavy atom. The first-order valence-corrected chi connectivity index (χ1v) is 7.25. The quantitative estimate of drug-likeness (QED) is 0.616. The number of thioether (sulfide) groups is 1. The van der Waals surface area contributed by atoms with E-state index in [1.165, 1.54) is 0 Å². The summed E-state index contributed by atoms with van der Waals surface area (Å²) in [5.41, 5.74) is 0. The first-order chi connectivity index (χ1) is 8.79. The molecule has 0 unspecified atom stereocenters. The summed E-state index contributed by atoms with van der Waals surface area (Å²) in [6.45, 7) is 1.41. The lowest BCUT2D eigenvalue weighted by Gasteiger charge is -1.99. The van der Waals surface area contributed by atoms with Crippen LogP contribution in [0.1, 0.15) is 5.82 Å². The highest BCUT2D eigenvalue weighted by atomic mass is 32.2. The number of rotatable bonds is 7. The molecule has 2 heterocycles. The van der Waals surface area contributed by atoms with Gasteiger partial charge in [0.25, 0.3) is 0 Å². The zero-order valence-corrected chi connectivity index (χ0v) is 11.9. The molecule has 0 amide bonds. The molecule has 0 saturated heterocycles. The van der Waals surface area contributed by atoms with Gasteiger partial charge in [-0.15, -0.1) is 10.2 Å². The van der Waals surface area contributed by atoms with E-state index in [0.717, 1.165) is 27.6 Å². The van der Waals surface area contributed by atoms with E-state index >= 15 is 0 Å². The van der Waals surface area contributed by atoms with Gasteiger partial charge in [0.15, 0.2) is 4.34 Å². The van der Waals surface area contributed by atoms with E-state index in [2.05, 4.69) is 20.5 Å². The molecule has 0 fully saturated rings. The molecule has 0 aliphatic heterocycles. The van der Waals surface area contributed by atoms with Crippen molar-refractivity contribution in [1.29, 1.82) is 0 Å². The van der Waals surface area contributed by atoms with Crippen molar-refractivity contribution in [2.75, 3.05) is 25.6 Å². The number of nitrogens with zero attached hydrogens (tertiary/aromatic N) is 4. The van der Waals surface area contributed by atoms with E-state index in [0.29, 0.717) is 6.61 Å². The lowest BCUT2D eigenvalue weighted by molar-refractivity contribution is 0.211. The number of ether oxygens (including phenoxy) is 1. The zero-order valence-electron chi connectivity index (χ0n) is 10.3. The third-order valence-corrected chi connectivity index (χ3v) is 4.24. The maximum Gasteiger partial charge on any atom is 0.206 e. The standard InChI is InChI=1S/C10H15N5OS2/c1-15-5-3-11-8(15)7-17-10-14-13-9(18-10)12-4-6-16-2/h3,5H,4,6-7H2,1-2H3,(H,12,13). The summed E-state index contributed by atoms with van der Waals surface area (Å²) in [4.78, 5) is 4.26. The van der Waals surface area contributed by atoms with Crippen LogP contribution >= 0.6 is 23.1 Å². The Bertz CT molecular complexity index is 484. The summed E-state index contributed by atoms with van der Waals surface area (Å²) in [7, 11) is 3.66. The van der Waals surface area contributed by atoms with Crippen LogP contribution in [0.5, 0.6) is 0 Å². The highest BCUT2D eigenvalue weighted by Crippen LogP contribution is 2.27. The lowest BCUT2D eigenvalue weighted by Crippen LogP contribution is -2.06. The molecule has 98 valence electrons. The fourth-order valence-corrected chi connectivity index (χ4v) is 3.04. The maximum atomic E-state index is 4.96. The van der Waals surface area contributed by atoms with Gasteiger partial charge in [-0.05, 0) is 0 Å². The number of aromatic nitrogens is 4. The van der Waals surface area contributed by atoms with Crippen molar-refractivity contribution in [2.24, 2.45) is 7.05 Å². The van der Waals surface area contributed by atoms with E-state index in [9.17, 15) is 0 Å². The minimum Gasteiger partial charge on any atom is -0.383 e. The molecule has 1 N–H and O–H groups in total. The van der Waals surface area contributed by atoms with Crippen LogP contribution in [-0.4, -0.2) is 40.0 Å². The highest BCUT2D eigenvalue weighted by molar-refractivity contribution is 8.00. The Balaban J connectivity index is 1.81. The summed E-state index contributed by atoms with van der Waals surface area (Å²) in [5, 5.41) is 12.2.